The molecular formula is C24H26O10. The zero-order chi connectivity index (χ0) is 24.8. The molecule has 1 heterocycles. The van der Waals surface area contributed by atoms with Crippen LogP contribution in [-0.2, 0) is 42.9 Å². The number of ether oxygens (including phenoxy) is 6. The van der Waals surface area contributed by atoms with Gasteiger partial charge in [0.15, 0.2) is 12.2 Å². The maximum atomic E-state index is 11.9. The van der Waals surface area contributed by atoms with Crippen molar-refractivity contribution >= 4 is 34.6 Å². The Balaban J connectivity index is 2.03. The van der Waals surface area contributed by atoms with Crippen molar-refractivity contribution in [1.29, 1.82) is 0 Å². The number of esters is 4. The first-order chi connectivity index (χ1) is 16.2. The molecule has 0 radical (unpaired) electrons. The molecule has 0 amide bonds. The van der Waals surface area contributed by atoms with Gasteiger partial charge < -0.3 is 28.4 Å². The first kappa shape index (κ1) is 25.0. The lowest BCUT2D eigenvalue weighted by molar-refractivity contribution is -0.288. The van der Waals surface area contributed by atoms with Crippen molar-refractivity contribution in [2.75, 3.05) is 6.61 Å². The van der Waals surface area contributed by atoms with Gasteiger partial charge in [0.25, 0.3) is 0 Å². The smallest absolute Gasteiger partial charge is 0.303 e. The van der Waals surface area contributed by atoms with Crippen molar-refractivity contribution in [1.82, 2.24) is 0 Å². The van der Waals surface area contributed by atoms with Crippen LogP contribution < -0.4 is 4.74 Å². The Morgan fingerprint density at radius 2 is 1.32 bits per heavy atom. The van der Waals surface area contributed by atoms with Gasteiger partial charge in [-0.05, 0) is 11.5 Å². The van der Waals surface area contributed by atoms with E-state index in [0.717, 1.165) is 24.6 Å². The van der Waals surface area contributed by atoms with Gasteiger partial charge in [-0.15, -0.1) is 0 Å². The highest BCUT2D eigenvalue weighted by molar-refractivity contribution is 5.88. The lowest BCUT2D eigenvalue weighted by Gasteiger charge is -2.44. The molecule has 5 unspecified atom stereocenters. The Bertz CT molecular complexity index is 1060. The van der Waals surface area contributed by atoms with Gasteiger partial charge >= 0.3 is 23.9 Å². The molecule has 2 aromatic carbocycles. The zero-order valence-electron chi connectivity index (χ0n) is 19.2. The van der Waals surface area contributed by atoms with Crippen LogP contribution in [0.4, 0.5) is 0 Å². The van der Waals surface area contributed by atoms with E-state index in [0.29, 0.717) is 5.75 Å². The number of fused-ring (bicyclic) bond motifs is 1. The Morgan fingerprint density at radius 1 is 0.735 bits per heavy atom. The Hall–Kier alpha value is -3.66. The fourth-order valence-electron chi connectivity index (χ4n) is 3.71. The third kappa shape index (κ3) is 6.22. The van der Waals surface area contributed by atoms with Gasteiger partial charge in [0, 0.05) is 33.1 Å². The van der Waals surface area contributed by atoms with Gasteiger partial charge in [-0.3, -0.25) is 19.2 Å². The van der Waals surface area contributed by atoms with E-state index in [9.17, 15) is 19.2 Å². The number of carbonyl (C=O) groups is 4. The molecule has 1 aliphatic rings. The van der Waals surface area contributed by atoms with E-state index in [4.69, 9.17) is 28.4 Å². The van der Waals surface area contributed by atoms with Crippen molar-refractivity contribution in [2.24, 2.45) is 0 Å². The highest BCUT2D eigenvalue weighted by Gasteiger charge is 2.53. The lowest BCUT2D eigenvalue weighted by atomic mass is 9.98. The Kier molecular flexibility index (Phi) is 8.06. The van der Waals surface area contributed by atoms with Gasteiger partial charge in [0.2, 0.25) is 12.4 Å². The van der Waals surface area contributed by atoms with Crippen LogP contribution in [0.5, 0.6) is 5.75 Å². The first-order valence-electron chi connectivity index (χ1n) is 10.6. The number of benzene rings is 2. The van der Waals surface area contributed by atoms with Gasteiger partial charge in [0.05, 0.1) is 0 Å². The van der Waals surface area contributed by atoms with Crippen molar-refractivity contribution in [3.63, 3.8) is 0 Å². The molecule has 2 aromatic rings. The Labute approximate surface area is 196 Å². The minimum absolute atomic E-state index is 0.326. The van der Waals surface area contributed by atoms with Crippen LogP contribution in [0, 0.1) is 0 Å². The maximum absolute atomic E-state index is 11.9. The number of hydrogen-bond acceptors (Lipinski definition) is 10. The molecule has 1 aliphatic heterocycles. The Morgan fingerprint density at radius 3 is 1.97 bits per heavy atom. The van der Waals surface area contributed by atoms with Crippen LogP contribution in [0.25, 0.3) is 10.8 Å². The van der Waals surface area contributed by atoms with E-state index in [1.807, 2.05) is 30.3 Å². The molecule has 0 saturated carbocycles. The molecule has 5 atom stereocenters. The summed E-state index contributed by atoms with van der Waals surface area (Å²) in [5, 5.41) is 1.66. The molecular weight excluding hydrogens is 448 g/mol. The zero-order valence-corrected chi connectivity index (χ0v) is 19.2. The van der Waals surface area contributed by atoms with Crippen LogP contribution >= 0.6 is 0 Å². The molecule has 34 heavy (non-hydrogen) atoms. The standard InChI is InChI=1S/C24H26O10/c1-13(25)29-12-20-21(30-14(2)26)22(31-15(3)27)23(32-16(4)28)24(34-20)33-19-11-7-9-17-8-5-6-10-18(17)19/h5-11,20-24H,12H2,1-4H3. The summed E-state index contributed by atoms with van der Waals surface area (Å²) in [7, 11) is 0. The third-order valence-corrected chi connectivity index (χ3v) is 4.94. The molecule has 182 valence electrons. The van der Waals surface area contributed by atoms with Gasteiger partial charge in [-0.25, -0.2) is 0 Å². The minimum Gasteiger partial charge on any atom is -0.463 e. The number of rotatable bonds is 7. The molecule has 1 fully saturated rings. The quantitative estimate of drug-likeness (QED) is 0.436. The average Bonchev–Trinajstić information content (AvgIpc) is 2.75. The fourth-order valence-corrected chi connectivity index (χ4v) is 3.71. The predicted octanol–water partition coefficient (Wildman–Crippen LogP) is 2.30. The second-order valence-corrected chi connectivity index (χ2v) is 7.66. The average molecular weight is 474 g/mol. The summed E-state index contributed by atoms with van der Waals surface area (Å²) in [4.78, 5) is 47.1. The summed E-state index contributed by atoms with van der Waals surface area (Å²) in [6.45, 7) is 4.37. The SMILES string of the molecule is CC(=O)OCC1OC(Oc2cccc3ccccc23)C(OC(C)=O)C(OC(C)=O)C1OC(C)=O. The molecule has 0 aromatic heterocycles. The van der Waals surface area contributed by atoms with Gasteiger partial charge in [0.1, 0.15) is 18.5 Å². The van der Waals surface area contributed by atoms with Crippen LogP contribution in [0.1, 0.15) is 27.7 Å². The molecule has 0 spiro atoms. The summed E-state index contributed by atoms with van der Waals surface area (Å²) >= 11 is 0. The molecule has 0 aliphatic carbocycles. The second kappa shape index (κ2) is 11.0. The van der Waals surface area contributed by atoms with E-state index in [2.05, 4.69) is 0 Å². The third-order valence-electron chi connectivity index (χ3n) is 4.94. The van der Waals surface area contributed by atoms with Gasteiger partial charge in [-0.1, -0.05) is 36.4 Å². The number of hydrogen-bond donors (Lipinski definition) is 0. The highest BCUT2D eigenvalue weighted by atomic mass is 16.7. The fraction of sp³-hybridized carbons (Fsp3) is 0.417. The van der Waals surface area contributed by atoms with Gasteiger partial charge in [-0.2, -0.15) is 0 Å². The minimum atomic E-state index is -1.29. The normalized spacial score (nSPS) is 24.1. The van der Waals surface area contributed by atoms with E-state index >= 15 is 0 Å². The largest absolute Gasteiger partial charge is 0.463 e. The van der Waals surface area contributed by atoms with E-state index in [1.54, 1.807) is 12.1 Å². The van der Waals surface area contributed by atoms with Crippen LogP contribution in [0.3, 0.4) is 0 Å². The van der Waals surface area contributed by atoms with E-state index in [1.165, 1.54) is 13.8 Å². The van der Waals surface area contributed by atoms with Crippen LogP contribution in [0.15, 0.2) is 42.5 Å². The number of carbonyl (C=O) groups excluding carboxylic acids is 4. The van der Waals surface area contributed by atoms with Crippen molar-refractivity contribution in [2.45, 2.75) is 58.4 Å². The van der Waals surface area contributed by atoms with Crippen molar-refractivity contribution in [3.8, 4) is 5.75 Å². The monoisotopic (exact) mass is 474 g/mol. The second-order valence-electron chi connectivity index (χ2n) is 7.66. The maximum Gasteiger partial charge on any atom is 0.303 e. The topological polar surface area (TPSA) is 124 Å². The highest BCUT2D eigenvalue weighted by Crippen LogP contribution is 2.33. The summed E-state index contributed by atoms with van der Waals surface area (Å²) in [6, 6.07) is 12.8. The molecule has 10 heteroatoms. The van der Waals surface area contributed by atoms with Crippen molar-refractivity contribution in [3.05, 3.63) is 42.5 Å². The van der Waals surface area contributed by atoms with Crippen LogP contribution in [0.2, 0.25) is 0 Å². The summed E-state index contributed by atoms with van der Waals surface area (Å²) in [5.74, 6) is -2.29. The van der Waals surface area contributed by atoms with E-state index < -0.39 is 54.6 Å². The molecule has 1 saturated heterocycles. The summed E-state index contributed by atoms with van der Waals surface area (Å²) in [6.07, 6.45) is -6.19. The molecule has 0 N–H and O–H groups in total. The van der Waals surface area contributed by atoms with Crippen LogP contribution in [-0.4, -0.2) is 61.2 Å². The molecule has 0 bridgehead atoms. The molecule has 10 nitrogen and oxygen atoms in total. The predicted molar refractivity (Wildman–Crippen MR) is 117 cm³/mol. The lowest BCUT2D eigenvalue weighted by Crippen LogP contribution is -2.63. The van der Waals surface area contributed by atoms with Crippen molar-refractivity contribution < 1.29 is 47.6 Å². The first-order valence-corrected chi connectivity index (χ1v) is 10.6. The van der Waals surface area contributed by atoms with E-state index in [-0.39, 0.29) is 6.61 Å². The summed E-state index contributed by atoms with van der Waals surface area (Å²) in [5.41, 5.74) is 0. The summed E-state index contributed by atoms with van der Waals surface area (Å²) < 4.78 is 33.4. The molecule has 3 rings (SSSR count).